The Bertz CT molecular complexity index is 635. The molecule has 22 heavy (non-hydrogen) atoms. The lowest BCUT2D eigenvalue weighted by Crippen LogP contribution is -2.35. The van der Waals surface area contributed by atoms with Crippen LogP contribution < -0.4 is 21.7 Å². The Hall–Kier alpha value is -2.46. The average molecular weight is 296 g/mol. The normalized spacial score (nSPS) is 11.3. The summed E-state index contributed by atoms with van der Waals surface area (Å²) in [6.07, 6.45) is 1.57. The fourth-order valence-electron chi connectivity index (χ4n) is 2.58. The molecule has 0 aliphatic rings. The van der Waals surface area contributed by atoms with E-state index in [4.69, 9.17) is 11.5 Å². The maximum absolute atomic E-state index is 5.75. The third-order valence-corrected chi connectivity index (χ3v) is 3.65. The molecule has 4 heteroatoms. The monoisotopic (exact) mass is 296 g/mol. The molecule has 0 amide bonds. The van der Waals surface area contributed by atoms with E-state index >= 15 is 0 Å². The Morgan fingerprint density at radius 1 is 1.14 bits per heavy atom. The van der Waals surface area contributed by atoms with E-state index in [0.717, 1.165) is 11.5 Å². The Labute approximate surface area is 132 Å². The van der Waals surface area contributed by atoms with Crippen molar-refractivity contribution >= 4 is 5.69 Å². The largest absolute Gasteiger partial charge is 0.402 e. The number of anilines is 1. The second-order valence-electron chi connectivity index (χ2n) is 5.11. The van der Waals surface area contributed by atoms with Crippen molar-refractivity contribution in [2.24, 2.45) is 11.5 Å². The highest BCUT2D eigenvalue weighted by Gasteiger charge is 2.13. The van der Waals surface area contributed by atoms with E-state index in [0.29, 0.717) is 13.1 Å². The zero-order chi connectivity index (χ0) is 15.9. The molecule has 0 atom stereocenters. The molecule has 4 nitrogen and oxygen atoms in total. The van der Waals surface area contributed by atoms with Gasteiger partial charge in [-0.2, -0.15) is 0 Å². The molecule has 0 saturated heterocycles. The Morgan fingerprint density at radius 3 is 2.41 bits per heavy atom. The van der Waals surface area contributed by atoms with E-state index in [9.17, 15) is 0 Å². The summed E-state index contributed by atoms with van der Waals surface area (Å²) in [6.45, 7) is 3.36. The highest BCUT2D eigenvalue weighted by molar-refractivity contribution is 5.69. The summed E-state index contributed by atoms with van der Waals surface area (Å²) in [5.41, 5.74) is 16.2. The van der Waals surface area contributed by atoms with Crippen LogP contribution in [0.4, 0.5) is 5.69 Å². The molecule has 0 saturated carbocycles. The molecular formula is C18H24N4. The zero-order valence-electron chi connectivity index (χ0n) is 13.2. The fourth-order valence-corrected chi connectivity index (χ4v) is 2.58. The van der Waals surface area contributed by atoms with Crippen molar-refractivity contribution in [1.29, 1.82) is 0 Å². The van der Waals surface area contributed by atoms with Gasteiger partial charge in [0.1, 0.15) is 5.82 Å². The van der Waals surface area contributed by atoms with Gasteiger partial charge in [0, 0.05) is 32.0 Å². The van der Waals surface area contributed by atoms with Gasteiger partial charge in [-0.3, -0.25) is 0 Å². The second-order valence-corrected chi connectivity index (χ2v) is 5.11. The van der Waals surface area contributed by atoms with Gasteiger partial charge in [0.2, 0.25) is 0 Å². The summed E-state index contributed by atoms with van der Waals surface area (Å²) >= 11 is 0. The lowest BCUT2D eigenvalue weighted by Gasteiger charge is -2.28. The summed E-state index contributed by atoms with van der Waals surface area (Å²) in [7, 11) is 1.86. The Morgan fingerprint density at radius 2 is 1.86 bits per heavy atom. The van der Waals surface area contributed by atoms with Crippen molar-refractivity contribution in [3.05, 3.63) is 66.1 Å². The predicted octanol–water partition coefficient (Wildman–Crippen LogP) is 2.40. The van der Waals surface area contributed by atoms with Gasteiger partial charge in [-0.25, -0.2) is 0 Å². The number of hydrogen-bond acceptors (Lipinski definition) is 4. The summed E-state index contributed by atoms with van der Waals surface area (Å²) in [5.74, 6) is 0.848. The van der Waals surface area contributed by atoms with Crippen LogP contribution in [0.5, 0.6) is 0 Å². The number of aryl methyl sites for hydroxylation is 1. The molecule has 0 bridgehead atoms. The quantitative estimate of drug-likeness (QED) is 0.766. The number of nitrogens with zero attached hydrogens (tertiary/aromatic N) is 1. The number of nitrogens with two attached hydrogens (primary N) is 2. The van der Waals surface area contributed by atoms with Gasteiger partial charge in [0.05, 0.1) is 0 Å². The summed E-state index contributed by atoms with van der Waals surface area (Å²) < 4.78 is 0. The van der Waals surface area contributed by atoms with Crippen molar-refractivity contribution < 1.29 is 0 Å². The van der Waals surface area contributed by atoms with E-state index < -0.39 is 0 Å². The molecule has 0 aliphatic carbocycles. The molecule has 2 rings (SSSR count). The first-order valence-corrected chi connectivity index (χ1v) is 7.44. The highest BCUT2D eigenvalue weighted by Crippen LogP contribution is 2.28. The first kappa shape index (κ1) is 15.9. The van der Waals surface area contributed by atoms with Crippen LogP contribution in [-0.4, -0.2) is 20.1 Å². The molecule has 0 aliphatic heterocycles. The highest BCUT2D eigenvalue weighted by atomic mass is 15.2. The Kier molecular flexibility index (Phi) is 5.44. The lowest BCUT2D eigenvalue weighted by atomic mass is 10.0. The van der Waals surface area contributed by atoms with Crippen LogP contribution in [0.2, 0.25) is 0 Å². The van der Waals surface area contributed by atoms with Crippen molar-refractivity contribution in [2.75, 3.05) is 25.0 Å². The van der Waals surface area contributed by atoms with E-state index in [-0.39, 0.29) is 0 Å². The van der Waals surface area contributed by atoms with Crippen LogP contribution in [0, 0.1) is 6.92 Å². The van der Waals surface area contributed by atoms with E-state index in [2.05, 4.69) is 59.6 Å². The third kappa shape index (κ3) is 3.40. The van der Waals surface area contributed by atoms with Crippen LogP contribution in [0.15, 0.2) is 60.6 Å². The topological polar surface area (TPSA) is 67.3 Å². The van der Waals surface area contributed by atoms with Gasteiger partial charge < -0.3 is 21.7 Å². The van der Waals surface area contributed by atoms with Crippen molar-refractivity contribution in [2.45, 2.75) is 6.92 Å². The molecule has 0 spiro atoms. The number of benzene rings is 2. The van der Waals surface area contributed by atoms with E-state index in [1.165, 1.54) is 16.7 Å². The first-order valence-electron chi connectivity index (χ1n) is 7.44. The lowest BCUT2D eigenvalue weighted by molar-refractivity contribution is 0.803. The minimum Gasteiger partial charge on any atom is -0.402 e. The molecule has 116 valence electrons. The van der Waals surface area contributed by atoms with Crippen LogP contribution in [0.3, 0.4) is 0 Å². The van der Waals surface area contributed by atoms with Gasteiger partial charge in [-0.15, -0.1) is 0 Å². The average Bonchev–Trinajstić information content (AvgIpc) is 2.56. The number of rotatable bonds is 6. The molecule has 2 aromatic carbocycles. The minimum atomic E-state index is 0.554. The summed E-state index contributed by atoms with van der Waals surface area (Å²) in [4.78, 5) is 2.10. The van der Waals surface area contributed by atoms with Gasteiger partial charge in [0.25, 0.3) is 0 Å². The van der Waals surface area contributed by atoms with Crippen LogP contribution >= 0.6 is 0 Å². The molecule has 0 fully saturated rings. The second kappa shape index (κ2) is 7.52. The van der Waals surface area contributed by atoms with Crippen LogP contribution in [0.1, 0.15) is 5.56 Å². The maximum atomic E-state index is 5.75. The first-order chi connectivity index (χ1) is 10.7. The number of hydrogen-bond donors (Lipinski definition) is 3. The molecule has 5 N–H and O–H groups in total. The third-order valence-electron chi connectivity index (χ3n) is 3.65. The van der Waals surface area contributed by atoms with Crippen molar-refractivity contribution in [3.8, 4) is 11.1 Å². The van der Waals surface area contributed by atoms with Crippen LogP contribution in [-0.2, 0) is 0 Å². The SMILES string of the molecule is CN/C(=C\N)N(CCN)c1ccc(-c2ccccc2)cc1C. The maximum Gasteiger partial charge on any atom is 0.122 e. The van der Waals surface area contributed by atoms with E-state index in [1.54, 1.807) is 6.20 Å². The van der Waals surface area contributed by atoms with Crippen molar-refractivity contribution in [1.82, 2.24) is 5.32 Å². The van der Waals surface area contributed by atoms with Crippen LogP contribution in [0.25, 0.3) is 11.1 Å². The zero-order valence-corrected chi connectivity index (χ0v) is 13.2. The number of nitrogens with one attached hydrogen (secondary N) is 1. The fraction of sp³-hybridized carbons (Fsp3) is 0.222. The molecule has 0 radical (unpaired) electrons. The van der Waals surface area contributed by atoms with E-state index in [1.807, 2.05) is 13.1 Å². The van der Waals surface area contributed by atoms with Crippen molar-refractivity contribution in [3.63, 3.8) is 0 Å². The molecule has 0 unspecified atom stereocenters. The standard InChI is InChI=1S/C18H24N4/c1-14-12-16(15-6-4-3-5-7-15)8-9-17(14)22(11-10-19)18(13-20)21-2/h3-9,12-13,21H,10-11,19-20H2,1-2H3/b18-13+. The molecule has 0 aromatic heterocycles. The molecular weight excluding hydrogens is 272 g/mol. The smallest absolute Gasteiger partial charge is 0.122 e. The minimum absolute atomic E-state index is 0.554. The molecule has 2 aromatic rings. The van der Waals surface area contributed by atoms with Gasteiger partial charge >= 0.3 is 0 Å². The van der Waals surface area contributed by atoms with Gasteiger partial charge in [0.15, 0.2) is 0 Å². The Balaban J connectivity index is 2.39. The van der Waals surface area contributed by atoms with Gasteiger partial charge in [-0.05, 0) is 35.7 Å². The summed E-state index contributed by atoms with van der Waals surface area (Å²) in [6, 6.07) is 16.8. The predicted molar refractivity (Wildman–Crippen MR) is 94.3 cm³/mol. The summed E-state index contributed by atoms with van der Waals surface area (Å²) in [5, 5.41) is 3.12. The van der Waals surface area contributed by atoms with Gasteiger partial charge in [-0.1, -0.05) is 36.4 Å². The molecule has 0 heterocycles.